The van der Waals surface area contributed by atoms with Crippen LogP contribution in [0.4, 0.5) is 0 Å². The van der Waals surface area contributed by atoms with Gasteiger partial charge in [0.15, 0.2) is 0 Å². The molecule has 4 nitrogen and oxygen atoms in total. The average Bonchev–Trinajstić information content (AvgIpc) is 2.96. The first-order valence-electron chi connectivity index (χ1n) is 6.70. The molecule has 1 unspecified atom stereocenters. The topological polar surface area (TPSA) is 55.0 Å². The Bertz CT molecular complexity index is 649. The predicted octanol–water partition coefficient (Wildman–Crippen LogP) is 2.76. The van der Waals surface area contributed by atoms with Gasteiger partial charge in [-0.2, -0.15) is 0 Å². The van der Waals surface area contributed by atoms with Gasteiger partial charge in [0.2, 0.25) is 0 Å². The van der Waals surface area contributed by atoms with Gasteiger partial charge in [-0.25, -0.2) is 4.98 Å². The monoisotopic (exact) mass is 382 g/mol. The fraction of sp³-hybridized carbons (Fsp3) is 0.333. The van der Waals surface area contributed by atoms with Crippen LogP contribution in [0.25, 0.3) is 11.3 Å². The first-order valence-corrected chi connectivity index (χ1v) is 7.77. The van der Waals surface area contributed by atoms with Crippen molar-refractivity contribution in [2.75, 3.05) is 6.61 Å². The first kappa shape index (κ1) is 13.8. The van der Waals surface area contributed by atoms with Crippen molar-refractivity contribution >= 4 is 22.6 Å². The summed E-state index contributed by atoms with van der Waals surface area (Å²) in [5.74, 6) is 0.709. The lowest BCUT2D eigenvalue weighted by Gasteiger charge is -2.10. The van der Waals surface area contributed by atoms with Crippen molar-refractivity contribution < 1.29 is 4.74 Å². The molecule has 2 aromatic rings. The second-order valence-electron chi connectivity index (χ2n) is 4.88. The minimum Gasteiger partial charge on any atom is -0.378 e. The van der Waals surface area contributed by atoms with Crippen LogP contribution in [0.2, 0.25) is 0 Å². The molecule has 1 aromatic carbocycles. The number of aromatic amines is 1. The van der Waals surface area contributed by atoms with E-state index in [2.05, 4.69) is 32.6 Å². The van der Waals surface area contributed by atoms with E-state index in [0.717, 1.165) is 30.7 Å². The van der Waals surface area contributed by atoms with Gasteiger partial charge in [-0.05, 0) is 35.4 Å². The van der Waals surface area contributed by atoms with Crippen LogP contribution in [0, 0.1) is 3.57 Å². The molecule has 1 fully saturated rings. The van der Waals surface area contributed by atoms with Gasteiger partial charge in [0.25, 0.3) is 5.56 Å². The van der Waals surface area contributed by atoms with E-state index in [4.69, 9.17) is 4.74 Å². The van der Waals surface area contributed by atoms with Crippen LogP contribution < -0.4 is 5.56 Å². The number of aromatic nitrogens is 2. The maximum absolute atomic E-state index is 12.1. The summed E-state index contributed by atoms with van der Waals surface area (Å²) in [6.07, 6.45) is 2.98. The standard InChI is InChI=1S/C15H15IN2O2/c16-13-14(10-5-2-1-3-6-10)17-12(18-15(13)19)9-11-7-4-8-20-11/h1-3,5-6,11H,4,7-9H2,(H,17,18,19). The maximum Gasteiger partial charge on any atom is 0.264 e. The molecule has 0 amide bonds. The van der Waals surface area contributed by atoms with E-state index in [1.165, 1.54) is 0 Å². The van der Waals surface area contributed by atoms with E-state index in [1.54, 1.807) is 0 Å². The summed E-state index contributed by atoms with van der Waals surface area (Å²) in [5, 5.41) is 0. The van der Waals surface area contributed by atoms with Crippen LogP contribution in [-0.4, -0.2) is 22.7 Å². The molecule has 1 aliphatic rings. The summed E-state index contributed by atoms with van der Waals surface area (Å²) in [7, 11) is 0. The van der Waals surface area contributed by atoms with Crippen molar-refractivity contribution in [3.05, 3.63) is 50.1 Å². The fourth-order valence-electron chi connectivity index (χ4n) is 2.41. The molecule has 0 aliphatic carbocycles. The van der Waals surface area contributed by atoms with Gasteiger partial charge < -0.3 is 9.72 Å². The van der Waals surface area contributed by atoms with Crippen molar-refractivity contribution in [3.8, 4) is 11.3 Å². The number of halogens is 1. The Morgan fingerprint density at radius 2 is 2.15 bits per heavy atom. The maximum atomic E-state index is 12.1. The van der Waals surface area contributed by atoms with E-state index in [9.17, 15) is 4.79 Å². The summed E-state index contributed by atoms with van der Waals surface area (Å²) in [5.41, 5.74) is 1.65. The molecule has 0 spiro atoms. The van der Waals surface area contributed by atoms with E-state index < -0.39 is 0 Å². The number of hydrogen-bond donors (Lipinski definition) is 1. The van der Waals surface area contributed by atoms with Crippen LogP contribution in [0.15, 0.2) is 35.1 Å². The highest BCUT2D eigenvalue weighted by atomic mass is 127. The Kier molecular flexibility index (Phi) is 4.16. The molecule has 1 saturated heterocycles. The zero-order chi connectivity index (χ0) is 13.9. The van der Waals surface area contributed by atoms with Crippen molar-refractivity contribution in [2.24, 2.45) is 0 Å². The van der Waals surface area contributed by atoms with Gasteiger partial charge in [-0.3, -0.25) is 4.79 Å². The number of rotatable bonds is 3. The highest BCUT2D eigenvalue weighted by Gasteiger charge is 2.18. The molecule has 1 atom stereocenters. The second-order valence-corrected chi connectivity index (χ2v) is 5.96. The summed E-state index contributed by atoms with van der Waals surface area (Å²) < 4.78 is 6.24. The molecular weight excluding hydrogens is 367 g/mol. The Balaban J connectivity index is 1.97. The average molecular weight is 382 g/mol. The lowest BCUT2D eigenvalue weighted by atomic mass is 10.1. The Morgan fingerprint density at radius 1 is 1.35 bits per heavy atom. The lowest BCUT2D eigenvalue weighted by molar-refractivity contribution is 0.110. The molecule has 1 aromatic heterocycles. The Labute approximate surface area is 130 Å². The molecule has 104 valence electrons. The van der Waals surface area contributed by atoms with Crippen molar-refractivity contribution in [1.82, 2.24) is 9.97 Å². The third-order valence-corrected chi connectivity index (χ3v) is 4.40. The summed E-state index contributed by atoms with van der Waals surface area (Å²) >= 11 is 2.05. The van der Waals surface area contributed by atoms with Crippen molar-refractivity contribution in [3.63, 3.8) is 0 Å². The number of nitrogens with zero attached hydrogens (tertiary/aromatic N) is 1. The molecule has 0 radical (unpaired) electrons. The molecule has 2 heterocycles. The molecule has 20 heavy (non-hydrogen) atoms. The van der Waals surface area contributed by atoms with E-state index in [0.29, 0.717) is 15.8 Å². The molecular formula is C15H15IN2O2. The SMILES string of the molecule is O=c1[nH]c(CC2CCCO2)nc(-c2ccccc2)c1I. The minimum absolute atomic E-state index is 0.0764. The van der Waals surface area contributed by atoms with Crippen LogP contribution in [0.3, 0.4) is 0 Å². The highest BCUT2D eigenvalue weighted by molar-refractivity contribution is 14.1. The molecule has 0 saturated carbocycles. The van der Waals surface area contributed by atoms with Gasteiger partial charge in [-0.1, -0.05) is 30.3 Å². The van der Waals surface area contributed by atoms with Gasteiger partial charge in [0.1, 0.15) is 9.39 Å². The number of benzene rings is 1. The number of H-pyrrole nitrogens is 1. The van der Waals surface area contributed by atoms with E-state index in [1.807, 2.05) is 30.3 Å². The summed E-state index contributed by atoms with van der Waals surface area (Å²) in [6, 6.07) is 9.80. The zero-order valence-corrected chi connectivity index (χ0v) is 13.1. The van der Waals surface area contributed by atoms with E-state index in [-0.39, 0.29) is 11.7 Å². The van der Waals surface area contributed by atoms with Crippen LogP contribution >= 0.6 is 22.6 Å². The lowest BCUT2D eigenvalue weighted by Crippen LogP contribution is -2.20. The second kappa shape index (κ2) is 6.05. The van der Waals surface area contributed by atoms with Crippen LogP contribution in [0.1, 0.15) is 18.7 Å². The zero-order valence-electron chi connectivity index (χ0n) is 10.9. The van der Waals surface area contributed by atoms with Gasteiger partial charge >= 0.3 is 0 Å². The molecule has 3 rings (SSSR count). The molecule has 5 heteroatoms. The third-order valence-electron chi connectivity index (χ3n) is 3.40. The van der Waals surface area contributed by atoms with Gasteiger partial charge in [0.05, 0.1) is 11.8 Å². The van der Waals surface area contributed by atoms with Gasteiger partial charge in [-0.15, -0.1) is 0 Å². The van der Waals surface area contributed by atoms with Crippen LogP contribution in [-0.2, 0) is 11.2 Å². The Hall–Kier alpha value is -1.21. The smallest absolute Gasteiger partial charge is 0.264 e. The van der Waals surface area contributed by atoms with E-state index >= 15 is 0 Å². The van der Waals surface area contributed by atoms with Crippen LogP contribution in [0.5, 0.6) is 0 Å². The first-order chi connectivity index (χ1) is 9.74. The molecule has 0 bridgehead atoms. The predicted molar refractivity (Wildman–Crippen MR) is 85.7 cm³/mol. The van der Waals surface area contributed by atoms with Crippen molar-refractivity contribution in [1.29, 1.82) is 0 Å². The van der Waals surface area contributed by atoms with Crippen molar-refractivity contribution in [2.45, 2.75) is 25.4 Å². The number of nitrogens with one attached hydrogen (secondary N) is 1. The largest absolute Gasteiger partial charge is 0.378 e. The third kappa shape index (κ3) is 2.93. The summed E-state index contributed by atoms with van der Waals surface area (Å²) in [6.45, 7) is 0.810. The highest BCUT2D eigenvalue weighted by Crippen LogP contribution is 2.21. The number of hydrogen-bond acceptors (Lipinski definition) is 3. The van der Waals surface area contributed by atoms with Gasteiger partial charge in [0, 0.05) is 18.6 Å². The number of ether oxygens (including phenoxy) is 1. The Morgan fingerprint density at radius 3 is 2.85 bits per heavy atom. The molecule has 1 N–H and O–H groups in total. The normalized spacial score (nSPS) is 18.4. The summed E-state index contributed by atoms with van der Waals surface area (Å²) in [4.78, 5) is 19.5. The minimum atomic E-state index is -0.0764. The molecule has 1 aliphatic heterocycles. The fourth-order valence-corrected chi connectivity index (χ4v) is 2.98. The quantitative estimate of drug-likeness (QED) is 0.831.